The molecule has 0 aliphatic heterocycles. The molecular weight excluding hydrogens is 315 g/mol. The van der Waals surface area contributed by atoms with E-state index in [4.69, 9.17) is 4.74 Å². The molecule has 136 valence electrons. The Hall–Kier alpha value is -1.91. The average Bonchev–Trinajstić information content (AvgIpc) is 2.59. The lowest BCUT2D eigenvalue weighted by molar-refractivity contribution is 0.406. The number of hydrogen-bond acceptors (Lipinski definition) is 3. The summed E-state index contributed by atoms with van der Waals surface area (Å²) in [4.78, 5) is 0. The van der Waals surface area contributed by atoms with Crippen LogP contribution in [0, 0.1) is 5.82 Å². The van der Waals surface area contributed by atoms with E-state index in [9.17, 15) is 4.39 Å². The van der Waals surface area contributed by atoms with Gasteiger partial charge in [-0.1, -0.05) is 44.2 Å². The molecule has 0 fully saturated rings. The van der Waals surface area contributed by atoms with Crippen LogP contribution in [0.15, 0.2) is 42.5 Å². The van der Waals surface area contributed by atoms with Gasteiger partial charge in [-0.2, -0.15) is 0 Å². The fraction of sp³-hybridized carbons (Fsp3) is 0.429. The first-order chi connectivity index (χ1) is 12.0. The third-order valence-corrected chi connectivity index (χ3v) is 4.19. The second-order valence-electron chi connectivity index (χ2n) is 6.76. The van der Waals surface area contributed by atoms with Crippen molar-refractivity contribution in [3.8, 4) is 5.75 Å². The van der Waals surface area contributed by atoms with Crippen molar-refractivity contribution >= 4 is 0 Å². The van der Waals surface area contributed by atoms with E-state index < -0.39 is 0 Å². The van der Waals surface area contributed by atoms with Gasteiger partial charge in [0.15, 0.2) is 0 Å². The molecular formula is C21H29FN2O. The second kappa shape index (κ2) is 9.54. The molecule has 0 saturated carbocycles. The monoisotopic (exact) mass is 344 g/mol. The Morgan fingerprint density at radius 1 is 0.960 bits per heavy atom. The molecule has 1 atom stereocenters. The first-order valence-corrected chi connectivity index (χ1v) is 8.85. The molecule has 25 heavy (non-hydrogen) atoms. The fourth-order valence-electron chi connectivity index (χ4n) is 2.76. The van der Waals surface area contributed by atoms with Crippen LogP contribution in [0.4, 0.5) is 4.39 Å². The average molecular weight is 344 g/mol. The normalized spacial score (nSPS) is 12.4. The van der Waals surface area contributed by atoms with Crippen molar-refractivity contribution in [2.75, 3.05) is 7.11 Å². The maximum absolute atomic E-state index is 13.7. The number of halogens is 1. The highest BCUT2D eigenvalue weighted by molar-refractivity contribution is 5.37. The standard InChI is InChI=1S/C21H29FN2O/c1-15(2)23-14-19-12-17(9-10-21(19)25-4)11-16(3)24-13-18-7-5-6-8-20(18)22/h5-10,12,15-16,23-24H,11,13-14H2,1-4H3. The van der Waals surface area contributed by atoms with Crippen molar-refractivity contribution in [3.05, 3.63) is 65.0 Å². The third kappa shape index (κ3) is 6.15. The highest BCUT2D eigenvalue weighted by Crippen LogP contribution is 2.21. The van der Waals surface area contributed by atoms with Gasteiger partial charge in [0, 0.05) is 36.3 Å². The van der Waals surface area contributed by atoms with E-state index in [-0.39, 0.29) is 11.9 Å². The maximum atomic E-state index is 13.7. The SMILES string of the molecule is COc1ccc(CC(C)NCc2ccccc2F)cc1CNC(C)C. The summed E-state index contributed by atoms with van der Waals surface area (Å²) in [5, 5.41) is 6.83. The van der Waals surface area contributed by atoms with E-state index in [1.807, 2.05) is 18.2 Å². The quantitative estimate of drug-likeness (QED) is 0.720. The Morgan fingerprint density at radius 3 is 2.36 bits per heavy atom. The van der Waals surface area contributed by atoms with Gasteiger partial charge < -0.3 is 15.4 Å². The van der Waals surface area contributed by atoms with E-state index in [1.54, 1.807) is 13.2 Å². The Morgan fingerprint density at radius 2 is 1.68 bits per heavy atom. The topological polar surface area (TPSA) is 33.3 Å². The molecule has 0 heterocycles. The van der Waals surface area contributed by atoms with Crippen LogP contribution >= 0.6 is 0 Å². The minimum atomic E-state index is -0.159. The summed E-state index contributed by atoms with van der Waals surface area (Å²) in [5.41, 5.74) is 3.11. The Bertz CT molecular complexity index is 673. The summed E-state index contributed by atoms with van der Waals surface area (Å²) in [6.45, 7) is 7.70. The van der Waals surface area contributed by atoms with Crippen molar-refractivity contribution < 1.29 is 9.13 Å². The van der Waals surface area contributed by atoms with E-state index in [2.05, 4.69) is 43.5 Å². The van der Waals surface area contributed by atoms with Crippen LogP contribution in [0.3, 0.4) is 0 Å². The molecule has 2 aromatic rings. The summed E-state index contributed by atoms with van der Waals surface area (Å²) in [5.74, 6) is 0.748. The molecule has 1 unspecified atom stereocenters. The van der Waals surface area contributed by atoms with E-state index in [1.165, 1.54) is 11.6 Å². The van der Waals surface area contributed by atoms with E-state index in [0.29, 0.717) is 18.2 Å². The number of nitrogens with one attached hydrogen (secondary N) is 2. The summed E-state index contributed by atoms with van der Waals surface area (Å²) in [6.07, 6.45) is 0.882. The lowest BCUT2D eigenvalue weighted by atomic mass is 10.0. The van der Waals surface area contributed by atoms with Gasteiger partial charge in [-0.15, -0.1) is 0 Å². The highest BCUT2D eigenvalue weighted by atomic mass is 19.1. The maximum Gasteiger partial charge on any atom is 0.127 e. The molecule has 0 bridgehead atoms. The molecule has 0 amide bonds. The van der Waals surface area contributed by atoms with Crippen molar-refractivity contribution in [1.29, 1.82) is 0 Å². The van der Waals surface area contributed by atoms with Crippen molar-refractivity contribution in [3.63, 3.8) is 0 Å². The molecule has 2 N–H and O–H groups in total. The van der Waals surface area contributed by atoms with Gasteiger partial charge in [-0.25, -0.2) is 4.39 Å². The number of ether oxygens (including phenoxy) is 1. The lowest BCUT2D eigenvalue weighted by Gasteiger charge is -2.17. The molecule has 0 aliphatic rings. The zero-order valence-electron chi connectivity index (χ0n) is 15.6. The first-order valence-electron chi connectivity index (χ1n) is 8.85. The van der Waals surface area contributed by atoms with Gasteiger partial charge in [0.1, 0.15) is 11.6 Å². The van der Waals surface area contributed by atoms with Gasteiger partial charge in [-0.05, 0) is 31.0 Å². The first kappa shape index (κ1) is 19.4. The summed E-state index contributed by atoms with van der Waals surface area (Å²) >= 11 is 0. The largest absolute Gasteiger partial charge is 0.496 e. The third-order valence-electron chi connectivity index (χ3n) is 4.19. The molecule has 0 saturated heterocycles. The van der Waals surface area contributed by atoms with Crippen LogP contribution in [0.1, 0.15) is 37.5 Å². The lowest BCUT2D eigenvalue weighted by Crippen LogP contribution is -2.28. The highest BCUT2D eigenvalue weighted by Gasteiger charge is 2.09. The van der Waals surface area contributed by atoms with Crippen LogP contribution in [0.2, 0.25) is 0 Å². The summed E-state index contributed by atoms with van der Waals surface area (Å²) < 4.78 is 19.2. The Labute approximate surface area is 150 Å². The van der Waals surface area contributed by atoms with Crippen LogP contribution in [-0.4, -0.2) is 19.2 Å². The smallest absolute Gasteiger partial charge is 0.127 e. The minimum absolute atomic E-state index is 0.159. The van der Waals surface area contributed by atoms with Crippen molar-refractivity contribution in [2.45, 2.75) is 52.4 Å². The molecule has 0 aliphatic carbocycles. The van der Waals surface area contributed by atoms with Gasteiger partial charge in [0.25, 0.3) is 0 Å². The number of benzene rings is 2. The molecule has 3 nitrogen and oxygen atoms in total. The van der Waals surface area contributed by atoms with Crippen LogP contribution in [0.25, 0.3) is 0 Å². The summed E-state index contributed by atoms with van der Waals surface area (Å²) in [6, 6.07) is 13.9. The molecule has 2 rings (SSSR count). The predicted octanol–water partition coefficient (Wildman–Crippen LogP) is 4.05. The van der Waals surface area contributed by atoms with Crippen LogP contribution in [0.5, 0.6) is 5.75 Å². The van der Waals surface area contributed by atoms with E-state index in [0.717, 1.165) is 24.3 Å². The van der Waals surface area contributed by atoms with Crippen molar-refractivity contribution in [1.82, 2.24) is 10.6 Å². The molecule has 0 spiro atoms. The molecule has 0 radical (unpaired) electrons. The zero-order chi connectivity index (χ0) is 18.2. The number of hydrogen-bond donors (Lipinski definition) is 2. The van der Waals surface area contributed by atoms with Crippen LogP contribution < -0.4 is 15.4 Å². The predicted molar refractivity (Wildman–Crippen MR) is 101 cm³/mol. The number of methoxy groups -OCH3 is 1. The second-order valence-corrected chi connectivity index (χ2v) is 6.76. The van der Waals surface area contributed by atoms with Crippen molar-refractivity contribution in [2.24, 2.45) is 0 Å². The fourth-order valence-corrected chi connectivity index (χ4v) is 2.76. The molecule has 0 aromatic heterocycles. The van der Waals surface area contributed by atoms with E-state index >= 15 is 0 Å². The molecule has 2 aromatic carbocycles. The van der Waals surface area contributed by atoms with Gasteiger partial charge in [-0.3, -0.25) is 0 Å². The summed E-state index contributed by atoms with van der Waals surface area (Å²) in [7, 11) is 1.70. The van der Waals surface area contributed by atoms with Gasteiger partial charge >= 0.3 is 0 Å². The Kier molecular flexibility index (Phi) is 7.41. The Balaban J connectivity index is 1.96. The van der Waals surface area contributed by atoms with Gasteiger partial charge in [0.2, 0.25) is 0 Å². The molecule has 4 heteroatoms. The van der Waals surface area contributed by atoms with Crippen LogP contribution in [-0.2, 0) is 19.5 Å². The number of rotatable bonds is 9. The zero-order valence-corrected chi connectivity index (χ0v) is 15.6. The minimum Gasteiger partial charge on any atom is -0.496 e. The van der Waals surface area contributed by atoms with Gasteiger partial charge in [0.05, 0.1) is 7.11 Å².